The molecule has 1 aliphatic rings. The van der Waals surface area contributed by atoms with Crippen LogP contribution in [0.25, 0.3) is 22.3 Å². The second-order valence-electron chi connectivity index (χ2n) is 7.17. The summed E-state index contributed by atoms with van der Waals surface area (Å²) in [7, 11) is 2.95. The third-order valence-corrected chi connectivity index (χ3v) is 5.26. The highest BCUT2D eigenvalue weighted by Gasteiger charge is 2.33. The molecule has 0 saturated carbocycles. The number of fused-ring (bicyclic) bond motifs is 2. The van der Waals surface area contributed by atoms with E-state index >= 15 is 0 Å². The maximum Gasteiger partial charge on any atom is 0.239 e. The van der Waals surface area contributed by atoms with Crippen LogP contribution in [0.5, 0.6) is 23.0 Å². The van der Waals surface area contributed by atoms with Gasteiger partial charge in [0.05, 0.1) is 14.2 Å². The van der Waals surface area contributed by atoms with Crippen molar-refractivity contribution in [3.63, 3.8) is 0 Å². The molecule has 2 aromatic carbocycles. The van der Waals surface area contributed by atoms with Crippen LogP contribution < -0.4 is 19.6 Å². The van der Waals surface area contributed by atoms with Gasteiger partial charge in [-0.25, -0.2) is 0 Å². The van der Waals surface area contributed by atoms with Crippen molar-refractivity contribution in [1.82, 2.24) is 0 Å². The van der Waals surface area contributed by atoms with Crippen LogP contribution in [-0.4, -0.2) is 25.4 Å². The van der Waals surface area contributed by atoms with Gasteiger partial charge in [-0.05, 0) is 43.7 Å². The van der Waals surface area contributed by atoms with Gasteiger partial charge in [-0.2, -0.15) is 0 Å². The Labute approximate surface area is 167 Å². The number of phenols is 1. The van der Waals surface area contributed by atoms with Crippen molar-refractivity contribution < 1.29 is 23.7 Å². The largest absolute Gasteiger partial charge is 0.508 e. The maximum atomic E-state index is 13.4. The van der Waals surface area contributed by atoms with Gasteiger partial charge >= 0.3 is 0 Å². The fraction of sp³-hybridized carbons (Fsp3) is 0.261. The Hall–Kier alpha value is -3.41. The normalized spacial score (nSPS) is 15.1. The van der Waals surface area contributed by atoms with Gasteiger partial charge in [-0.15, -0.1) is 0 Å². The van der Waals surface area contributed by atoms with Crippen molar-refractivity contribution >= 4 is 11.0 Å². The van der Waals surface area contributed by atoms with Gasteiger partial charge in [0.2, 0.25) is 11.2 Å². The summed E-state index contributed by atoms with van der Waals surface area (Å²) >= 11 is 0. The molecule has 1 atom stereocenters. The van der Waals surface area contributed by atoms with E-state index in [1.54, 1.807) is 12.1 Å². The summed E-state index contributed by atoms with van der Waals surface area (Å²) < 4.78 is 23.4. The zero-order valence-corrected chi connectivity index (χ0v) is 16.8. The van der Waals surface area contributed by atoms with Crippen LogP contribution in [0.2, 0.25) is 0 Å². The fourth-order valence-electron chi connectivity index (χ4n) is 3.78. The monoisotopic (exact) mass is 394 g/mol. The lowest BCUT2D eigenvalue weighted by Gasteiger charge is -2.16. The molecule has 150 valence electrons. The average molecular weight is 394 g/mol. The average Bonchev–Trinajstić information content (AvgIpc) is 3.15. The highest BCUT2D eigenvalue weighted by atomic mass is 16.5. The summed E-state index contributed by atoms with van der Waals surface area (Å²) in [4.78, 5) is 13.4. The van der Waals surface area contributed by atoms with Crippen molar-refractivity contribution in [3.8, 4) is 34.3 Å². The zero-order valence-electron chi connectivity index (χ0n) is 16.8. The summed E-state index contributed by atoms with van der Waals surface area (Å²) in [6.45, 7) is 7.76. The van der Waals surface area contributed by atoms with Crippen LogP contribution >= 0.6 is 0 Å². The minimum atomic E-state index is -0.321. The van der Waals surface area contributed by atoms with Gasteiger partial charge in [0, 0.05) is 23.1 Å². The molecular formula is C23H22O6. The summed E-state index contributed by atoms with van der Waals surface area (Å²) in [5, 5.41) is 9.91. The van der Waals surface area contributed by atoms with Crippen molar-refractivity contribution in [3.05, 3.63) is 57.8 Å². The quantitative estimate of drug-likeness (QED) is 0.662. The van der Waals surface area contributed by atoms with Gasteiger partial charge in [0.1, 0.15) is 34.3 Å². The number of phenolic OH excluding ortho intramolecular Hbond substituents is 1. The van der Waals surface area contributed by atoms with Crippen LogP contribution in [0.1, 0.15) is 18.1 Å². The molecule has 6 heteroatoms. The number of benzene rings is 2. The molecule has 4 rings (SSSR count). The Morgan fingerprint density at radius 3 is 2.41 bits per heavy atom. The SMILES string of the molecule is C=C(C)[C@@H]1Cc2c(c(C)c3oc(-c4ccc(O)cc4)c(OC)c(=O)c3c2OC)O1. The van der Waals surface area contributed by atoms with Gasteiger partial charge in [-0.1, -0.05) is 6.58 Å². The van der Waals surface area contributed by atoms with Gasteiger partial charge in [0.25, 0.3) is 0 Å². The lowest BCUT2D eigenvalue weighted by atomic mass is 9.99. The fourth-order valence-corrected chi connectivity index (χ4v) is 3.78. The zero-order chi connectivity index (χ0) is 20.9. The number of hydrogen-bond acceptors (Lipinski definition) is 6. The van der Waals surface area contributed by atoms with E-state index in [-0.39, 0.29) is 28.8 Å². The molecule has 6 nitrogen and oxygen atoms in total. The minimum absolute atomic E-state index is 0.0798. The van der Waals surface area contributed by atoms with Crippen molar-refractivity contribution in [2.75, 3.05) is 14.2 Å². The molecule has 0 saturated heterocycles. The van der Waals surface area contributed by atoms with E-state index in [1.807, 2.05) is 13.8 Å². The second kappa shape index (κ2) is 6.88. The van der Waals surface area contributed by atoms with Crippen LogP contribution in [-0.2, 0) is 6.42 Å². The van der Waals surface area contributed by atoms with Gasteiger partial charge in [0.15, 0.2) is 5.76 Å². The van der Waals surface area contributed by atoms with Crippen molar-refractivity contribution in [1.29, 1.82) is 0 Å². The van der Waals surface area contributed by atoms with Crippen molar-refractivity contribution in [2.24, 2.45) is 0 Å². The Morgan fingerprint density at radius 2 is 1.83 bits per heavy atom. The molecule has 0 bridgehead atoms. The lowest BCUT2D eigenvalue weighted by Crippen LogP contribution is -2.13. The highest BCUT2D eigenvalue weighted by molar-refractivity contribution is 5.93. The summed E-state index contributed by atoms with van der Waals surface area (Å²) in [6, 6.07) is 6.37. The topological polar surface area (TPSA) is 78.1 Å². The second-order valence-corrected chi connectivity index (χ2v) is 7.17. The standard InChI is InChI=1S/C23H22O6/c1-11(2)16-10-15-19(28-16)12(3)20-17(22(15)26-4)18(25)23(27-5)21(29-20)13-6-8-14(24)9-7-13/h6-9,16,24H,1,10H2,2-5H3/t16-/m0/s1. The molecule has 29 heavy (non-hydrogen) atoms. The molecule has 3 aromatic rings. The molecule has 0 amide bonds. The summed E-state index contributed by atoms with van der Waals surface area (Å²) in [5.41, 5.74) is 3.12. The van der Waals surface area contributed by atoms with Crippen LogP contribution in [0.4, 0.5) is 0 Å². The number of ether oxygens (including phenoxy) is 3. The predicted octanol–water partition coefficient (Wildman–Crippen LogP) is 4.37. The number of rotatable bonds is 4. The van der Waals surface area contributed by atoms with E-state index < -0.39 is 0 Å². The molecule has 0 unspecified atom stereocenters. The Bertz CT molecular complexity index is 1190. The molecule has 1 aromatic heterocycles. The van der Waals surface area contributed by atoms with Crippen molar-refractivity contribution in [2.45, 2.75) is 26.4 Å². The third-order valence-electron chi connectivity index (χ3n) is 5.26. The number of aromatic hydroxyl groups is 1. The summed E-state index contributed by atoms with van der Waals surface area (Å²) in [6.07, 6.45) is 0.398. The van der Waals surface area contributed by atoms with E-state index in [9.17, 15) is 9.90 Å². The number of methoxy groups -OCH3 is 2. The first-order valence-electron chi connectivity index (χ1n) is 9.23. The summed E-state index contributed by atoms with van der Waals surface area (Å²) in [5.74, 6) is 1.58. The molecule has 0 aliphatic carbocycles. The van der Waals surface area contributed by atoms with E-state index in [2.05, 4.69) is 6.58 Å². The van der Waals surface area contributed by atoms with Crippen LogP contribution in [0.15, 0.2) is 45.6 Å². The molecule has 1 N–H and O–H groups in total. The van der Waals surface area contributed by atoms with E-state index in [1.165, 1.54) is 26.4 Å². The van der Waals surface area contributed by atoms with Crippen LogP contribution in [0.3, 0.4) is 0 Å². The first-order chi connectivity index (χ1) is 13.9. The molecular weight excluding hydrogens is 372 g/mol. The molecule has 0 fully saturated rings. The van der Waals surface area contributed by atoms with Gasteiger partial charge < -0.3 is 23.7 Å². The number of hydrogen-bond donors (Lipinski definition) is 1. The Kier molecular flexibility index (Phi) is 4.49. The molecule has 2 heterocycles. The minimum Gasteiger partial charge on any atom is -0.508 e. The first-order valence-corrected chi connectivity index (χ1v) is 9.23. The van der Waals surface area contributed by atoms with Gasteiger partial charge in [-0.3, -0.25) is 4.79 Å². The van der Waals surface area contributed by atoms with E-state index in [0.29, 0.717) is 34.5 Å². The lowest BCUT2D eigenvalue weighted by molar-refractivity contribution is 0.269. The predicted molar refractivity (Wildman–Crippen MR) is 110 cm³/mol. The highest BCUT2D eigenvalue weighted by Crippen LogP contribution is 2.46. The smallest absolute Gasteiger partial charge is 0.239 e. The first kappa shape index (κ1) is 18.9. The van der Waals surface area contributed by atoms with E-state index in [0.717, 1.165) is 16.7 Å². The third kappa shape index (κ3) is 2.83. The molecule has 0 radical (unpaired) electrons. The molecule has 0 spiro atoms. The van der Waals surface area contributed by atoms with Crippen LogP contribution in [0, 0.1) is 6.92 Å². The number of aryl methyl sites for hydroxylation is 1. The molecule has 1 aliphatic heterocycles. The Balaban J connectivity index is 2.08. The maximum absolute atomic E-state index is 13.4. The Morgan fingerprint density at radius 1 is 1.17 bits per heavy atom. The van der Waals surface area contributed by atoms with E-state index in [4.69, 9.17) is 18.6 Å².